The van der Waals surface area contributed by atoms with Crippen LogP contribution in [-0.4, -0.2) is 18.9 Å². The van der Waals surface area contributed by atoms with Crippen LogP contribution in [0.25, 0.3) is 0 Å². The maximum atomic E-state index is 13.3. The van der Waals surface area contributed by atoms with Crippen LogP contribution in [-0.2, 0) is 12.8 Å². The van der Waals surface area contributed by atoms with Crippen LogP contribution in [0.2, 0.25) is 0 Å². The van der Waals surface area contributed by atoms with E-state index in [2.05, 4.69) is 10.6 Å². The SMILES string of the molecule is COc1ccccc1NC(=O)c1c(NC(=O)c2cccc(C)c2)sc2c1CCCC2. The van der Waals surface area contributed by atoms with Gasteiger partial charge in [0.1, 0.15) is 10.8 Å². The summed E-state index contributed by atoms with van der Waals surface area (Å²) in [6, 6.07) is 14.8. The van der Waals surface area contributed by atoms with Crippen molar-refractivity contribution in [2.75, 3.05) is 17.7 Å². The summed E-state index contributed by atoms with van der Waals surface area (Å²) >= 11 is 1.51. The molecule has 0 aliphatic heterocycles. The predicted molar refractivity (Wildman–Crippen MR) is 121 cm³/mol. The molecule has 0 radical (unpaired) electrons. The molecule has 2 amide bonds. The third-order valence-corrected chi connectivity index (χ3v) is 6.47. The molecule has 0 saturated carbocycles. The molecule has 0 saturated heterocycles. The van der Waals surface area contributed by atoms with Gasteiger partial charge >= 0.3 is 0 Å². The second kappa shape index (κ2) is 8.71. The zero-order valence-electron chi connectivity index (χ0n) is 17.1. The quantitative estimate of drug-likeness (QED) is 0.577. The number of amides is 2. The van der Waals surface area contributed by atoms with Crippen molar-refractivity contribution in [3.63, 3.8) is 0 Å². The van der Waals surface area contributed by atoms with E-state index in [9.17, 15) is 9.59 Å². The lowest BCUT2D eigenvalue weighted by Gasteiger charge is -2.14. The number of benzene rings is 2. The number of fused-ring (bicyclic) bond motifs is 1. The molecule has 2 N–H and O–H groups in total. The number of thiophene rings is 1. The van der Waals surface area contributed by atoms with Gasteiger partial charge in [0, 0.05) is 10.4 Å². The number of hydrogen-bond donors (Lipinski definition) is 2. The summed E-state index contributed by atoms with van der Waals surface area (Å²) in [4.78, 5) is 27.3. The van der Waals surface area contributed by atoms with Gasteiger partial charge in [-0.25, -0.2) is 0 Å². The van der Waals surface area contributed by atoms with Gasteiger partial charge in [-0.1, -0.05) is 29.8 Å². The fraction of sp³-hybridized carbons (Fsp3) is 0.250. The lowest BCUT2D eigenvalue weighted by Crippen LogP contribution is -2.19. The molecule has 1 heterocycles. The van der Waals surface area contributed by atoms with Crippen molar-refractivity contribution >= 4 is 33.8 Å². The van der Waals surface area contributed by atoms with Gasteiger partial charge in [-0.3, -0.25) is 9.59 Å². The van der Waals surface area contributed by atoms with Crippen molar-refractivity contribution < 1.29 is 14.3 Å². The maximum absolute atomic E-state index is 13.3. The van der Waals surface area contributed by atoms with Crippen molar-refractivity contribution in [3.05, 3.63) is 75.7 Å². The Bertz CT molecular complexity index is 1100. The molecule has 30 heavy (non-hydrogen) atoms. The number of rotatable bonds is 5. The van der Waals surface area contributed by atoms with Crippen molar-refractivity contribution in [3.8, 4) is 5.75 Å². The Morgan fingerprint density at radius 3 is 2.57 bits per heavy atom. The molecule has 5 nitrogen and oxygen atoms in total. The number of ether oxygens (including phenoxy) is 1. The molecule has 0 bridgehead atoms. The first-order valence-electron chi connectivity index (χ1n) is 10.0. The molecular formula is C24H24N2O3S. The zero-order chi connectivity index (χ0) is 21.1. The largest absolute Gasteiger partial charge is 0.495 e. The molecule has 2 aromatic carbocycles. The summed E-state index contributed by atoms with van der Waals surface area (Å²) in [5, 5.41) is 6.57. The van der Waals surface area contributed by atoms with Gasteiger partial charge in [-0.2, -0.15) is 0 Å². The smallest absolute Gasteiger partial charge is 0.259 e. The van der Waals surface area contributed by atoms with E-state index in [1.54, 1.807) is 25.3 Å². The first-order chi connectivity index (χ1) is 14.6. The van der Waals surface area contributed by atoms with Crippen LogP contribution in [0.1, 0.15) is 49.6 Å². The molecule has 1 aliphatic carbocycles. The fourth-order valence-electron chi connectivity index (χ4n) is 3.79. The number of anilines is 2. The van der Waals surface area contributed by atoms with E-state index in [1.807, 2.05) is 37.3 Å². The molecule has 0 unspecified atom stereocenters. The van der Waals surface area contributed by atoms with E-state index in [4.69, 9.17) is 4.74 Å². The Labute approximate surface area is 180 Å². The second-order valence-electron chi connectivity index (χ2n) is 7.39. The van der Waals surface area contributed by atoms with Gasteiger partial charge in [0.15, 0.2) is 0 Å². The van der Waals surface area contributed by atoms with Gasteiger partial charge in [0.25, 0.3) is 11.8 Å². The van der Waals surface area contributed by atoms with Crippen LogP contribution < -0.4 is 15.4 Å². The molecule has 1 aliphatic rings. The topological polar surface area (TPSA) is 67.4 Å². The van der Waals surface area contributed by atoms with Crippen molar-refractivity contribution in [1.29, 1.82) is 0 Å². The number of carbonyl (C=O) groups is 2. The first kappa shape index (κ1) is 20.2. The van der Waals surface area contributed by atoms with Crippen LogP contribution in [0.3, 0.4) is 0 Å². The van der Waals surface area contributed by atoms with E-state index in [0.29, 0.717) is 27.6 Å². The standard InChI is InChI=1S/C24H24N2O3S/c1-15-8-7-9-16(14-15)22(27)26-24-21(17-10-3-6-13-20(17)30-24)23(28)25-18-11-4-5-12-19(18)29-2/h4-5,7-9,11-12,14H,3,6,10,13H2,1-2H3,(H,25,28)(H,26,27). The van der Waals surface area contributed by atoms with Crippen LogP contribution in [0, 0.1) is 6.92 Å². The van der Waals surface area contributed by atoms with Gasteiger partial charge in [0.05, 0.1) is 18.4 Å². The molecule has 154 valence electrons. The maximum Gasteiger partial charge on any atom is 0.259 e. The highest BCUT2D eigenvalue weighted by molar-refractivity contribution is 7.17. The Kier molecular flexibility index (Phi) is 5.86. The number of aryl methyl sites for hydroxylation is 2. The zero-order valence-corrected chi connectivity index (χ0v) is 17.9. The average molecular weight is 421 g/mol. The molecule has 0 fully saturated rings. The highest BCUT2D eigenvalue weighted by Crippen LogP contribution is 2.39. The Hall–Kier alpha value is -3.12. The Balaban J connectivity index is 1.67. The summed E-state index contributed by atoms with van der Waals surface area (Å²) in [5.41, 5.74) is 3.83. The number of carbonyl (C=O) groups excluding carboxylic acids is 2. The van der Waals surface area contributed by atoms with E-state index in [0.717, 1.165) is 36.8 Å². The van der Waals surface area contributed by atoms with Crippen molar-refractivity contribution in [2.24, 2.45) is 0 Å². The lowest BCUT2D eigenvalue weighted by molar-refractivity contribution is 0.102. The summed E-state index contributed by atoms with van der Waals surface area (Å²) < 4.78 is 5.36. The normalized spacial score (nSPS) is 12.7. The molecule has 3 aromatic rings. The molecule has 1 aromatic heterocycles. The van der Waals surface area contributed by atoms with Crippen LogP contribution >= 0.6 is 11.3 Å². The van der Waals surface area contributed by atoms with Gasteiger partial charge in [0.2, 0.25) is 0 Å². The number of para-hydroxylation sites is 2. The minimum absolute atomic E-state index is 0.205. The minimum atomic E-state index is -0.224. The fourth-order valence-corrected chi connectivity index (χ4v) is 5.07. The first-order valence-corrected chi connectivity index (χ1v) is 10.9. The predicted octanol–water partition coefficient (Wildman–Crippen LogP) is 5.45. The summed E-state index contributed by atoms with van der Waals surface area (Å²) in [6.07, 6.45) is 3.94. The summed E-state index contributed by atoms with van der Waals surface area (Å²) in [7, 11) is 1.57. The van der Waals surface area contributed by atoms with E-state index in [1.165, 1.54) is 16.2 Å². The van der Waals surface area contributed by atoms with Crippen LogP contribution in [0.5, 0.6) is 5.75 Å². The molecule has 0 spiro atoms. The van der Waals surface area contributed by atoms with Crippen molar-refractivity contribution in [2.45, 2.75) is 32.6 Å². The molecule has 6 heteroatoms. The summed E-state index contributed by atoms with van der Waals surface area (Å²) in [5.74, 6) is 0.169. The number of methoxy groups -OCH3 is 1. The van der Waals surface area contributed by atoms with Crippen LogP contribution in [0.15, 0.2) is 48.5 Å². The molecular weight excluding hydrogens is 396 g/mol. The van der Waals surface area contributed by atoms with Crippen molar-refractivity contribution in [1.82, 2.24) is 0 Å². The van der Waals surface area contributed by atoms with E-state index in [-0.39, 0.29) is 11.8 Å². The van der Waals surface area contributed by atoms with E-state index >= 15 is 0 Å². The molecule has 0 atom stereocenters. The van der Waals surface area contributed by atoms with Crippen LogP contribution in [0.4, 0.5) is 10.7 Å². The lowest BCUT2D eigenvalue weighted by atomic mass is 9.95. The third-order valence-electron chi connectivity index (χ3n) is 5.26. The van der Waals surface area contributed by atoms with Gasteiger partial charge < -0.3 is 15.4 Å². The minimum Gasteiger partial charge on any atom is -0.495 e. The number of hydrogen-bond acceptors (Lipinski definition) is 4. The number of nitrogens with one attached hydrogen (secondary N) is 2. The Morgan fingerprint density at radius 1 is 0.967 bits per heavy atom. The molecule has 4 rings (SSSR count). The highest BCUT2D eigenvalue weighted by atomic mass is 32.1. The van der Waals surface area contributed by atoms with E-state index < -0.39 is 0 Å². The van der Waals surface area contributed by atoms with Gasteiger partial charge in [-0.05, 0) is 62.4 Å². The second-order valence-corrected chi connectivity index (χ2v) is 8.50. The Morgan fingerprint density at radius 2 is 1.77 bits per heavy atom. The third kappa shape index (κ3) is 4.09. The van der Waals surface area contributed by atoms with Gasteiger partial charge in [-0.15, -0.1) is 11.3 Å². The summed E-state index contributed by atoms with van der Waals surface area (Å²) in [6.45, 7) is 1.95. The monoisotopic (exact) mass is 420 g/mol. The highest BCUT2D eigenvalue weighted by Gasteiger charge is 2.27. The average Bonchev–Trinajstić information content (AvgIpc) is 3.12.